The highest BCUT2D eigenvalue weighted by molar-refractivity contribution is 6.00. The van der Waals surface area contributed by atoms with Gasteiger partial charge in [-0.3, -0.25) is 19.2 Å². The summed E-state index contributed by atoms with van der Waals surface area (Å²) in [7, 11) is 3.05. The first-order valence-corrected chi connectivity index (χ1v) is 14.3. The van der Waals surface area contributed by atoms with Crippen LogP contribution in [0.5, 0.6) is 11.6 Å². The minimum atomic E-state index is -2.92. The first kappa shape index (κ1) is 29.9. The molecule has 4 aromatic rings. The maximum Gasteiger partial charge on any atom is 0.388 e. The molecule has 45 heavy (non-hydrogen) atoms. The molecule has 0 radical (unpaired) electrons. The smallest absolute Gasteiger partial charge is 0.388 e. The molecule has 3 aromatic heterocycles. The van der Waals surface area contributed by atoms with Gasteiger partial charge in [-0.25, -0.2) is 4.98 Å². The second kappa shape index (κ2) is 12.8. The number of para-hydroxylation sites is 1. The summed E-state index contributed by atoms with van der Waals surface area (Å²) in [6.07, 6.45) is 5.38. The Morgan fingerprint density at radius 2 is 1.89 bits per heavy atom. The fourth-order valence-corrected chi connectivity index (χ4v) is 5.08. The second-order valence-corrected chi connectivity index (χ2v) is 10.7. The van der Waals surface area contributed by atoms with E-state index in [1.807, 2.05) is 29.1 Å². The third kappa shape index (κ3) is 6.82. The molecule has 1 saturated heterocycles. The van der Waals surface area contributed by atoms with Crippen molar-refractivity contribution in [2.45, 2.75) is 32.0 Å². The zero-order chi connectivity index (χ0) is 31.5. The van der Waals surface area contributed by atoms with E-state index in [4.69, 9.17) is 4.74 Å². The van der Waals surface area contributed by atoms with Crippen LogP contribution < -0.4 is 25.4 Å². The number of methoxy groups -OCH3 is 1. The van der Waals surface area contributed by atoms with E-state index in [9.17, 15) is 18.4 Å². The summed E-state index contributed by atoms with van der Waals surface area (Å²) >= 11 is 0. The van der Waals surface area contributed by atoms with E-state index in [1.54, 1.807) is 31.5 Å². The fraction of sp³-hybridized carbons (Fsp3) is 0.333. The molecular weight excluding hydrogens is 588 g/mol. The monoisotopic (exact) mass is 619 g/mol. The van der Waals surface area contributed by atoms with Crippen molar-refractivity contribution in [2.75, 3.05) is 37.9 Å². The number of nitrogens with zero attached hydrogens (tertiary/aromatic N) is 6. The molecule has 1 saturated carbocycles. The topological polar surface area (TPSA) is 148 Å². The van der Waals surface area contributed by atoms with Crippen LogP contribution in [0.4, 0.5) is 26.0 Å². The summed E-state index contributed by atoms with van der Waals surface area (Å²) in [6, 6.07) is 12.1. The van der Waals surface area contributed by atoms with Crippen molar-refractivity contribution in [1.82, 2.24) is 35.2 Å². The van der Waals surface area contributed by atoms with Gasteiger partial charge in [0.05, 0.1) is 36.4 Å². The van der Waals surface area contributed by atoms with E-state index in [-0.39, 0.29) is 35.3 Å². The number of likely N-dealkylation sites (tertiary alicyclic amines) is 1. The van der Waals surface area contributed by atoms with E-state index in [0.717, 1.165) is 24.0 Å². The number of alkyl halides is 2. The number of benzene rings is 1. The molecule has 0 bridgehead atoms. The van der Waals surface area contributed by atoms with Gasteiger partial charge in [0.2, 0.25) is 11.8 Å². The standard InChI is InChI=1S/C30H31F2N9O4/c1-33-29(43)26-23(11-24(38-39-26)37-28(42)17-9-10-17)36-22-7-4-6-21(27(22)44-2)18-12-34-41(13-18)20-15-40(16-20)14-19-5-3-8-25(35-19)45-30(31)32/h3-8,11-13,17,20,30H,9-10,14-16H2,1-2H3,(H,33,43)(H2,36,37,38,42). The lowest BCUT2D eigenvalue weighted by Crippen LogP contribution is -2.47. The van der Waals surface area contributed by atoms with Gasteiger partial charge < -0.3 is 25.4 Å². The van der Waals surface area contributed by atoms with Crippen molar-refractivity contribution in [3.05, 3.63) is 66.2 Å². The molecule has 234 valence electrons. The van der Waals surface area contributed by atoms with Gasteiger partial charge in [-0.15, -0.1) is 10.2 Å². The molecule has 1 aromatic carbocycles. The minimum absolute atomic E-state index is 0.0215. The molecule has 6 rings (SSSR count). The number of anilines is 3. The molecule has 3 N–H and O–H groups in total. The van der Waals surface area contributed by atoms with Crippen molar-refractivity contribution in [1.29, 1.82) is 0 Å². The third-order valence-electron chi connectivity index (χ3n) is 7.53. The Morgan fingerprint density at radius 1 is 1.09 bits per heavy atom. The van der Waals surface area contributed by atoms with Crippen molar-refractivity contribution in [3.63, 3.8) is 0 Å². The highest BCUT2D eigenvalue weighted by atomic mass is 19.3. The minimum Gasteiger partial charge on any atom is -0.494 e. The first-order valence-electron chi connectivity index (χ1n) is 14.3. The number of hydrogen-bond donors (Lipinski definition) is 3. The lowest BCUT2D eigenvalue weighted by atomic mass is 10.1. The number of amides is 2. The number of pyridine rings is 1. The van der Waals surface area contributed by atoms with Gasteiger partial charge in [0.15, 0.2) is 11.5 Å². The van der Waals surface area contributed by atoms with Crippen molar-refractivity contribution >= 4 is 29.0 Å². The molecule has 15 heteroatoms. The molecule has 0 spiro atoms. The van der Waals surface area contributed by atoms with Crippen LogP contribution in [0.3, 0.4) is 0 Å². The van der Waals surface area contributed by atoms with Crippen molar-refractivity contribution in [2.24, 2.45) is 5.92 Å². The SMILES string of the molecule is CNC(=O)c1nnc(NC(=O)C2CC2)cc1Nc1cccc(-c2cnn(C3CN(Cc4cccc(OC(F)F)n4)C3)c2)c1OC. The van der Waals surface area contributed by atoms with Crippen molar-refractivity contribution < 1.29 is 27.8 Å². The normalized spacial score (nSPS) is 15.0. The van der Waals surface area contributed by atoms with Crippen LogP contribution in [-0.4, -0.2) is 75.5 Å². The number of hydrogen-bond acceptors (Lipinski definition) is 10. The summed E-state index contributed by atoms with van der Waals surface area (Å²) < 4.78 is 37.2. The number of carbonyl (C=O) groups excluding carboxylic acids is 2. The molecule has 1 aliphatic heterocycles. The lowest BCUT2D eigenvalue weighted by Gasteiger charge is -2.39. The lowest BCUT2D eigenvalue weighted by molar-refractivity contribution is -0.117. The number of rotatable bonds is 12. The number of aromatic nitrogens is 5. The Balaban J connectivity index is 1.17. The van der Waals surface area contributed by atoms with Gasteiger partial charge in [-0.05, 0) is 25.0 Å². The molecule has 2 amide bonds. The van der Waals surface area contributed by atoms with Gasteiger partial charge >= 0.3 is 6.61 Å². The summed E-state index contributed by atoms with van der Waals surface area (Å²) in [5, 5.41) is 21.2. The predicted octanol–water partition coefficient (Wildman–Crippen LogP) is 3.85. The fourth-order valence-electron chi connectivity index (χ4n) is 5.08. The van der Waals surface area contributed by atoms with Crippen LogP contribution in [0.15, 0.2) is 54.9 Å². The van der Waals surface area contributed by atoms with Crippen LogP contribution in [0.1, 0.15) is 35.1 Å². The summed E-state index contributed by atoms with van der Waals surface area (Å²) in [6.45, 7) is -1.01. The molecule has 0 atom stereocenters. The molecule has 13 nitrogen and oxygen atoms in total. The average molecular weight is 620 g/mol. The first-order chi connectivity index (χ1) is 21.8. The predicted molar refractivity (Wildman–Crippen MR) is 159 cm³/mol. The van der Waals surface area contributed by atoms with Crippen molar-refractivity contribution in [3.8, 4) is 22.8 Å². The highest BCUT2D eigenvalue weighted by Crippen LogP contribution is 2.39. The number of halogens is 2. The van der Waals surface area contributed by atoms with E-state index < -0.39 is 12.5 Å². The van der Waals surface area contributed by atoms with Gasteiger partial charge in [0.1, 0.15) is 5.75 Å². The zero-order valence-corrected chi connectivity index (χ0v) is 24.5. The van der Waals surface area contributed by atoms with Crippen LogP contribution in [0.2, 0.25) is 0 Å². The molecule has 1 aliphatic carbocycles. The van der Waals surface area contributed by atoms with E-state index in [0.29, 0.717) is 42.5 Å². The Labute approximate surface area is 256 Å². The Bertz CT molecular complexity index is 1710. The number of ether oxygens (including phenoxy) is 2. The molecular formula is C30H31F2N9O4. The second-order valence-electron chi connectivity index (χ2n) is 10.7. The highest BCUT2D eigenvalue weighted by Gasteiger charge is 2.31. The third-order valence-corrected chi connectivity index (χ3v) is 7.53. The Hall–Kier alpha value is -5.18. The van der Waals surface area contributed by atoms with E-state index in [2.05, 4.69) is 45.9 Å². The van der Waals surface area contributed by atoms with Crippen LogP contribution in [-0.2, 0) is 11.3 Å². The maximum atomic E-state index is 12.6. The van der Waals surface area contributed by atoms with Gasteiger partial charge in [0, 0.05) is 62.1 Å². The average Bonchev–Trinajstić information content (AvgIpc) is 3.76. The summed E-state index contributed by atoms with van der Waals surface area (Å²) in [5.41, 5.74) is 3.21. The molecule has 0 unspecified atom stereocenters. The van der Waals surface area contributed by atoms with Gasteiger partial charge in [0.25, 0.3) is 5.91 Å². The molecule has 2 aliphatic rings. The number of carbonyl (C=O) groups is 2. The summed E-state index contributed by atoms with van der Waals surface area (Å²) in [4.78, 5) is 31.2. The van der Waals surface area contributed by atoms with E-state index >= 15 is 0 Å². The molecule has 2 fully saturated rings. The van der Waals surface area contributed by atoms with Crippen LogP contribution in [0, 0.1) is 5.92 Å². The maximum absolute atomic E-state index is 12.6. The van der Waals surface area contributed by atoms with Gasteiger partial charge in [-0.1, -0.05) is 18.2 Å². The Kier molecular flexibility index (Phi) is 8.51. The van der Waals surface area contributed by atoms with Crippen LogP contribution >= 0.6 is 0 Å². The zero-order valence-electron chi connectivity index (χ0n) is 24.5. The van der Waals surface area contributed by atoms with Gasteiger partial charge in [-0.2, -0.15) is 13.9 Å². The quantitative estimate of drug-likeness (QED) is 0.214. The Morgan fingerprint density at radius 3 is 2.62 bits per heavy atom. The summed E-state index contributed by atoms with van der Waals surface area (Å²) in [5.74, 6) is 0.0606. The number of nitrogens with one attached hydrogen (secondary N) is 3. The largest absolute Gasteiger partial charge is 0.494 e. The molecule has 4 heterocycles. The van der Waals surface area contributed by atoms with Crippen LogP contribution in [0.25, 0.3) is 11.1 Å². The van der Waals surface area contributed by atoms with E-state index in [1.165, 1.54) is 13.1 Å².